The Balaban J connectivity index is 0.975. The number of para-hydroxylation sites is 2. The molecule has 2 bridgehead atoms. The molecule has 4 aliphatic rings. The Morgan fingerprint density at radius 3 is 2.23 bits per heavy atom. The molecule has 11 rings (SSSR count). The van der Waals surface area contributed by atoms with Crippen molar-refractivity contribution < 1.29 is 33.4 Å². The normalized spacial score (nSPS) is 21.6. The van der Waals surface area contributed by atoms with Gasteiger partial charge in [-0.2, -0.15) is 0 Å². The maximum absolute atomic E-state index is 14.9. The van der Waals surface area contributed by atoms with E-state index in [-0.39, 0.29) is 43.0 Å². The molecule has 3 aliphatic heterocycles. The largest absolute Gasteiger partial charge is 0.449 e. The molecule has 5 heterocycles. The lowest BCUT2D eigenvalue weighted by Gasteiger charge is -2.50. The summed E-state index contributed by atoms with van der Waals surface area (Å²) in [5, 5.41) is 9.79. The zero-order chi connectivity index (χ0) is 41.9. The maximum Gasteiger partial charge on any atom is 0.407 e. The summed E-state index contributed by atoms with van der Waals surface area (Å²) in [4.78, 5) is 56.5. The Hall–Kier alpha value is -6.50. The first-order valence-electron chi connectivity index (χ1n) is 21.0. The Morgan fingerprint density at radius 1 is 0.902 bits per heavy atom. The summed E-state index contributed by atoms with van der Waals surface area (Å²) >= 11 is 0. The van der Waals surface area contributed by atoms with Crippen molar-refractivity contribution in [2.45, 2.75) is 75.7 Å². The van der Waals surface area contributed by atoms with E-state index in [0.717, 1.165) is 71.4 Å². The Morgan fingerprint density at radius 2 is 1.54 bits per heavy atom. The van der Waals surface area contributed by atoms with Gasteiger partial charge in [-0.3, -0.25) is 9.59 Å². The number of carbonyl (C=O) groups is 4. The molecule has 5 aromatic carbocycles. The van der Waals surface area contributed by atoms with Crippen LogP contribution in [0, 0.1) is 0 Å². The number of nitrogens with zero attached hydrogens (tertiary/aromatic N) is 3. The molecule has 61 heavy (non-hydrogen) atoms. The van der Waals surface area contributed by atoms with Crippen LogP contribution in [0.5, 0.6) is 0 Å². The monoisotopic (exact) mass is 815 g/mol. The fourth-order valence-corrected chi connectivity index (χ4v) is 11.2. The van der Waals surface area contributed by atoms with Crippen LogP contribution in [0.1, 0.15) is 72.3 Å². The molecule has 0 radical (unpaired) electrons. The van der Waals surface area contributed by atoms with E-state index < -0.39 is 36.2 Å². The smallest absolute Gasteiger partial charge is 0.407 e. The molecule has 1 saturated heterocycles. The molecule has 7 aromatic rings. The minimum atomic E-state index is -1.16. The quantitative estimate of drug-likeness (QED) is 0.152. The van der Waals surface area contributed by atoms with Crippen molar-refractivity contribution in [3.05, 3.63) is 119 Å². The van der Waals surface area contributed by atoms with Crippen molar-refractivity contribution in [1.82, 2.24) is 24.7 Å². The van der Waals surface area contributed by atoms with Gasteiger partial charge >= 0.3 is 6.09 Å². The van der Waals surface area contributed by atoms with Gasteiger partial charge in [-0.05, 0) is 60.2 Å². The zero-order valence-corrected chi connectivity index (χ0v) is 34.4. The Bertz CT molecular complexity index is 2990. The number of aromatic nitrogens is 2. The number of hydrogen-bond acceptors (Lipinski definition) is 7. The molecule has 3 amide bonds. The molecule has 1 fully saturated rings. The van der Waals surface area contributed by atoms with Crippen LogP contribution in [0.4, 0.5) is 4.79 Å². The molecule has 308 valence electrons. The Labute approximate surface area is 351 Å². The van der Waals surface area contributed by atoms with E-state index in [1.165, 1.54) is 6.92 Å². The van der Waals surface area contributed by atoms with Crippen LogP contribution < -0.4 is 10.6 Å². The number of hydrogen-bond donors (Lipinski definition) is 2. The van der Waals surface area contributed by atoms with Gasteiger partial charge in [0, 0.05) is 61.0 Å². The number of rotatable bonds is 9. The molecular weight excluding hydrogens is 771 g/mol. The minimum absolute atomic E-state index is 0.0826. The second-order valence-corrected chi connectivity index (χ2v) is 17.0. The zero-order valence-electron chi connectivity index (χ0n) is 34.4. The molecule has 1 aliphatic carbocycles. The predicted octanol–water partition coefficient (Wildman–Crippen LogP) is 7.87. The van der Waals surface area contributed by atoms with Crippen LogP contribution in [0.15, 0.2) is 97.1 Å². The topological polar surface area (TPSA) is 133 Å². The predicted molar refractivity (Wildman–Crippen MR) is 231 cm³/mol. The highest BCUT2D eigenvalue weighted by Crippen LogP contribution is 2.54. The number of fused-ring (bicyclic) bond motifs is 16. The molecule has 2 N–H and O–H groups in total. The molecular formula is C49H45N5O7. The number of likely N-dealkylation sites (N-methyl/N-ethyl adjacent to an activating group) is 1. The first-order chi connectivity index (χ1) is 29.6. The van der Waals surface area contributed by atoms with Gasteiger partial charge in [0.25, 0.3) is 5.91 Å². The van der Waals surface area contributed by atoms with Gasteiger partial charge in [-0.1, -0.05) is 84.9 Å². The van der Waals surface area contributed by atoms with Crippen molar-refractivity contribution in [3.63, 3.8) is 0 Å². The second kappa shape index (κ2) is 13.8. The van der Waals surface area contributed by atoms with E-state index in [2.05, 4.69) is 68.3 Å². The molecule has 12 heteroatoms. The molecule has 0 saturated carbocycles. The molecule has 12 nitrogen and oxygen atoms in total. The standard InChI is InChI=1S/C49H45N5O7/c1-26(55)21-22-35(51-48(58)60-25-34-29-15-7-5-13-27(29)28-14-6-8-16-30(28)34)47(57)52(3)38-23-39-53-36-19-11-9-17-31(36)41-42-33(24-50-46(42)56)40-32-18-10-12-20-37(32)54(44(40)43(41)53)49(2,61-39)45(38)59-4/h5-20,34-35,38-39,45H,21-25H2,1-4H3,(H,50,56)(H,51,58). The number of ether oxygens (including phenoxy) is 3. The summed E-state index contributed by atoms with van der Waals surface area (Å²) in [5.74, 6) is -0.732. The summed E-state index contributed by atoms with van der Waals surface area (Å²) in [5.41, 5.74) is 8.54. The van der Waals surface area contributed by atoms with Crippen LogP contribution in [0.25, 0.3) is 54.7 Å². The van der Waals surface area contributed by atoms with Crippen molar-refractivity contribution in [3.8, 4) is 11.1 Å². The fraction of sp³-hybridized carbons (Fsp3) is 0.306. The average Bonchev–Trinajstić information content (AvgIpc) is 4.00. The number of amides is 3. The van der Waals surface area contributed by atoms with Gasteiger partial charge < -0.3 is 43.7 Å². The number of Topliss-reactive ketones (excluding diaryl/α,β-unsaturated/α-hetero) is 1. The van der Waals surface area contributed by atoms with Gasteiger partial charge in [0.05, 0.1) is 33.7 Å². The van der Waals surface area contributed by atoms with Crippen LogP contribution in [0.3, 0.4) is 0 Å². The van der Waals surface area contributed by atoms with E-state index in [4.69, 9.17) is 14.2 Å². The van der Waals surface area contributed by atoms with Gasteiger partial charge in [0.2, 0.25) is 5.91 Å². The average molecular weight is 816 g/mol. The van der Waals surface area contributed by atoms with Gasteiger partial charge in [0.1, 0.15) is 30.8 Å². The van der Waals surface area contributed by atoms with Crippen molar-refractivity contribution >= 4 is 67.3 Å². The lowest BCUT2D eigenvalue weighted by molar-refractivity contribution is -0.266. The first-order valence-corrected chi connectivity index (χ1v) is 21.0. The molecule has 5 unspecified atom stereocenters. The van der Waals surface area contributed by atoms with Crippen LogP contribution >= 0.6 is 0 Å². The summed E-state index contributed by atoms with van der Waals surface area (Å²) in [7, 11) is 3.37. The third-order valence-electron chi connectivity index (χ3n) is 13.8. The number of benzene rings is 5. The van der Waals surface area contributed by atoms with E-state index in [0.29, 0.717) is 18.5 Å². The van der Waals surface area contributed by atoms with Crippen LogP contribution in [-0.2, 0) is 36.1 Å². The minimum Gasteiger partial charge on any atom is -0.449 e. The highest BCUT2D eigenvalue weighted by Gasteiger charge is 2.55. The maximum atomic E-state index is 14.9. The Kier molecular flexibility index (Phi) is 8.46. The number of alkyl carbamates (subject to hydrolysis) is 1. The van der Waals surface area contributed by atoms with Gasteiger partial charge in [-0.25, -0.2) is 4.79 Å². The molecule has 0 spiro atoms. The van der Waals surface area contributed by atoms with Crippen molar-refractivity contribution in [1.29, 1.82) is 0 Å². The van der Waals surface area contributed by atoms with E-state index in [9.17, 15) is 19.2 Å². The highest BCUT2D eigenvalue weighted by atomic mass is 16.6. The number of methoxy groups -OCH3 is 1. The summed E-state index contributed by atoms with van der Waals surface area (Å²) in [6, 6.07) is 30.9. The van der Waals surface area contributed by atoms with Crippen LogP contribution in [-0.4, -0.2) is 76.7 Å². The van der Waals surface area contributed by atoms with Gasteiger partial charge in [-0.15, -0.1) is 0 Å². The van der Waals surface area contributed by atoms with Crippen molar-refractivity contribution in [2.24, 2.45) is 0 Å². The van der Waals surface area contributed by atoms with Crippen LogP contribution in [0.2, 0.25) is 0 Å². The second-order valence-electron chi connectivity index (χ2n) is 17.0. The molecule has 2 aromatic heterocycles. The summed E-state index contributed by atoms with van der Waals surface area (Å²) < 4.78 is 24.1. The first kappa shape index (κ1) is 37.5. The number of carbonyl (C=O) groups excluding carboxylic acids is 4. The lowest BCUT2D eigenvalue weighted by Crippen LogP contribution is -2.63. The van der Waals surface area contributed by atoms with E-state index in [1.54, 1.807) is 19.1 Å². The van der Waals surface area contributed by atoms with Gasteiger partial charge in [0.15, 0.2) is 5.72 Å². The molecule has 5 atom stereocenters. The fourth-order valence-electron chi connectivity index (χ4n) is 11.2. The van der Waals surface area contributed by atoms with E-state index in [1.807, 2.05) is 55.5 Å². The third-order valence-corrected chi connectivity index (χ3v) is 13.8. The number of nitrogens with one attached hydrogen (secondary N) is 2. The van der Waals surface area contributed by atoms with Crippen molar-refractivity contribution in [2.75, 3.05) is 20.8 Å². The SMILES string of the molecule is COC1C(N(C)C(=O)C(CCC(C)=O)NC(=O)OCC2c3ccccc3-c3ccccc32)CC2OC1(C)n1c3ccccc3c3c4c(c5c6ccccc6n2c5c31)C(=O)NC4. The van der Waals surface area contributed by atoms with E-state index >= 15 is 0 Å². The third kappa shape index (κ3) is 5.31. The highest BCUT2D eigenvalue weighted by molar-refractivity contribution is 6.31. The summed E-state index contributed by atoms with van der Waals surface area (Å²) in [6.45, 7) is 3.98. The lowest BCUT2D eigenvalue weighted by atomic mass is 9.91. The summed E-state index contributed by atoms with van der Waals surface area (Å²) in [6.07, 6.45) is -1.50. The number of ketones is 1.